The molecule has 1 amide bonds. The van der Waals surface area contributed by atoms with Gasteiger partial charge in [0.1, 0.15) is 12.4 Å². The average Bonchev–Trinajstić information content (AvgIpc) is 3.33. The topological polar surface area (TPSA) is 96.7 Å². The molecule has 31 heavy (non-hydrogen) atoms. The molecule has 2 aromatic heterocycles. The van der Waals surface area contributed by atoms with E-state index in [0.29, 0.717) is 32.1 Å². The summed E-state index contributed by atoms with van der Waals surface area (Å²) in [5.41, 5.74) is 2.27. The summed E-state index contributed by atoms with van der Waals surface area (Å²) in [5, 5.41) is 13.6. The molecule has 2 fully saturated rings. The molecule has 2 aromatic rings. The van der Waals surface area contributed by atoms with Gasteiger partial charge in [-0.3, -0.25) is 9.36 Å². The van der Waals surface area contributed by atoms with Crippen molar-refractivity contribution < 1.29 is 19.4 Å². The fraction of sp³-hybridized carbons (Fsp3) is 0.591. The monoisotopic (exact) mass is 444 g/mol. The Hall–Kier alpha value is -2.39. The summed E-state index contributed by atoms with van der Waals surface area (Å²) in [6, 6.07) is 4.94. The number of ketones is 1. The minimum Gasteiger partial charge on any atom is -0.465 e. The Bertz CT molecular complexity index is 980. The molecule has 4 rings (SSSR count). The number of nitrogens with zero attached hydrogens (tertiary/aromatic N) is 3. The van der Waals surface area contributed by atoms with Crippen molar-refractivity contribution in [3.63, 3.8) is 0 Å². The van der Waals surface area contributed by atoms with Gasteiger partial charge in [-0.1, -0.05) is 19.6 Å². The van der Waals surface area contributed by atoms with Gasteiger partial charge in [0.2, 0.25) is 0 Å². The van der Waals surface area contributed by atoms with Gasteiger partial charge in [-0.15, -0.1) is 0 Å². The van der Waals surface area contributed by atoms with Crippen LogP contribution in [0.1, 0.15) is 29.8 Å². The number of carboxylic acid groups (broad SMARTS) is 1. The van der Waals surface area contributed by atoms with E-state index in [1.165, 1.54) is 4.90 Å². The standard InChI is InChI=1S/C22H32N4O4Si/c1-31(2,3)11-10-30-14-26-19(20(27)15-4-5-15)12-17-18(6-8-23-21(17)26)24-16-7-9-25(13-16)22(28)29/h6,8,12,15-16H,4-5,7,9-11,13-14H2,1-3H3,(H,23,24)(H,28,29)/t16-/m1/s1. The molecule has 0 unspecified atom stereocenters. The molecule has 0 aromatic carbocycles. The average molecular weight is 445 g/mol. The molecule has 1 atom stereocenters. The lowest BCUT2D eigenvalue weighted by Gasteiger charge is -2.17. The number of carbonyl (C=O) groups is 2. The van der Waals surface area contributed by atoms with Gasteiger partial charge in [0.05, 0.1) is 5.69 Å². The Morgan fingerprint density at radius 1 is 1.29 bits per heavy atom. The summed E-state index contributed by atoms with van der Waals surface area (Å²) >= 11 is 0. The number of likely N-dealkylation sites (tertiary alicyclic amines) is 1. The minimum absolute atomic E-state index is 0.0422. The van der Waals surface area contributed by atoms with Gasteiger partial charge >= 0.3 is 6.09 Å². The first-order valence-corrected chi connectivity index (χ1v) is 14.8. The largest absolute Gasteiger partial charge is 0.465 e. The van der Waals surface area contributed by atoms with Crippen LogP contribution < -0.4 is 5.32 Å². The van der Waals surface area contributed by atoms with Crippen molar-refractivity contribution in [2.75, 3.05) is 25.0 Å². The van der Waals surface area contributed by atoms with E-state index in [2.05, 4.69) is 29.9 Å². The van der Waals surface area contributed by atoms with Gasteiger partial charge in [-0.2, -0.15) is 0 Å². The predicted octanol–water partition coefficient (Wildman–Crippen LogP) is 4.11. The van der Waals surface area contributed by atoms with Crippen LogP contribution in [0.15, 0.2) is 18.3 Å². The fourth-order valence-electron chi connectivity index (χ4n) is 3.97. The minimum atomic E-state index is -1.19. The van der Waals surface area contributed by atoms with E-state index >= 15 is 0 Å². The molecular formula is C22H32N4O4Si. The van der Waals surface area contributed by atoms with Crippen molar-refractivity contribution in [1.29, 1.82) is 0 Å². The van der Waals surface area contributed by atoms with E-state index in [1.54, 1.807) is 6.20 Å². The highest BCUT2D eigenvalue weighted by molar-refractivity contribution is 6.76. The van der Waals surface area contributed by atoms with Crippen LogP contribution in [-0.2, 0) is 11.5 Å². The van der Waals surface area contributed by atoms with E-state index in [4.69, 9.17) is 4.74 Å². The number of nitrogens with one attached hydrogen (secondary N) is 1. The molecule has 0 bridgehead atoms. The SMILES string of the molecule is C[Si](C)(C)CCOCn1c(C(=O)C2CC2)cc2c(N[C@@H]3CCN(C(=O)O)C3)ccnc21. The van der Waals surface area contributed by atoms with Crippen LogP contribution >= 0.6 is 0 Å². The number of hydrogen-bond donors (Lipinski definition) is 2. The molecule has 0 radical (unpaired) electrons. The number of hydrogen-bond acceptors (Lipinski definition) is 5. The molecular weight excluding hydrogens is 412 g/mol. The summed E-state index contributed by atoms with van der Waals surface area (Å²) < 4.78 is 7.89. The molecule has 1 aliphatic carbocycles. The van der Waals surface area contributed by atoms with E-state index < -0.39 is 14.2 Å². The number of fused-ring (bicyclic) bond motifs is 1. The molecule has 8 nitrogen and oxygen atoms in total. The van der Waals surface area contributed by atoms with Crippen LogP contribution in [-0.4, -0.2) is 65.2 Å². The van der Waals surface area contributed by atoms with Crippen molar-refractivity contribution >= 4 is 36.7 Å². The Morgan fingerprint density at radius 3 is 2.71 bits per heavy atom. The number of amides is 1. The van der Waals surface area contributed by atoms with Gasteiger partial charge in [0, 0.05) is 57.0 Å². The molecule has 9 heteroatoms. The zero-order chi connectivity index (χ0) is 22.2. The maximum Gasteiger partial charge on any atom is 0.407 e. The molecule has 1 aliphatic heterocycles. The maximum absolute atomic E-state index is 13.0. The Labute approximate surface area is 183 Å². The number of carbonyl (C=O) groups excluding carboxylic acids is 1. The zero-order valence-electron chi connectivity index (χ0n) is 18.6. The third kappa shape index (κ3) is 5.09. The van der Waals surface area contributed by atoms with E-state index in [-0.39, 0.29) is 17.7 Å². The predicted molar refractivity (Wildman–Crippen MR) is 123 cm³/mol. The second-order valence-corrected chi connectivity index (χ2v) is 15.5. The van der Waals surface area contributed by atoms with E-state index in [9.17, 15) is 14.7 Å². The first kappa shape index (κ1) is 21.8. The Balaban J connectivity index is 1.58. The summed E-state index contributed by atoms with van der Waals surface area (Å²) in [4.78, 5) is 30.2. The summed E-state index contributed by atoms with van der Waals surface area (Å²) in [5.74, 6) is 0.274. The second-order valence-electron chi connectivity index (χ2n) is 9.90. The van der Waals surface area contributed by atoms with Crippen molar-refractivity contribution in [1.82, 2.24) is 14.5 Å². The van der Waals surface area contributed by atoms with Gasteiger partial charge in [-0.25, -0.2) is 9.78 Å². The van der Waals surface area contributed by atoms with E-state index in [0.717, 1.165) is 42.0 Å². The lowest BCUT2D eigenvalue weighted by Crippen LogP contribution is -2.30. The normalized spacial score (nSPS) is 19.2. The molecule has 3 heterocycles. The highest BCUT2D eigenvalue weighted by Gasteiger charge is 2.33. The third-order valence-corrected chi connectivity index (χ3v) is 7.74. The highest BCUT2D eigenvalue weighted by Crippen LogP contribution is 2.35. The van der Waals surface area contributed by atoms with Crippen LogP contribution in [0, 0.1) is 5.92 Å². The molecule has 1 saturated heterocycles. The third-order valence-electron chi connectivity index (χ3n) is 6.03. The molecule has 1 saturated carbocycles. The van der Waals surface area contributed by atoms with Crippen LogP contribution in [0.2, 0.25) is 25.7 Å². The number of anilines is 1. The molecule has 168 valence electrons. The number of rotatable bonds is 9. The van der Waals surface area contributed by atoms with Crippen molar-refractivity contribution in [3.05, 3.63) is 24.0 Å². The number of pyridine rings is 1. The maximum atomic E-state index is 13.0. The molecule has 2 N–H and O–H groups in total. The zero-order valence-corrected chi connectivity index (χ0v) is 19.6. The molecule has 2 aliphatic rings. The highest BCUT2D eigenvalue weighted by atomic mass is 28.3. The van der Waals surface area contributed by atoms with Crippen LogP contribution in [0.3, 0.4) is 0 Å². The van der Waals surface area contributed by atoms with Crippen LogP contribution in [0.4, 0.5) is 10.5 Å². The quantitative estimate of drug-likeness (QED) is 0.343. The Kier molecular flexibility index (Phi) is 6.07. The Morgan fingerprint density at radius 2 is 2.06 bits per heavy atom. The first-order valence-electron chi connectivity index (χ1n) is 11.1. The lowest BCUT2D eigenvalue weighted by molar-refractivity contribution is 0.0815. The number of ether oxygens (including phenoxy) is 1. The summed E-state index contributed by atoms with van der Waals surface area (Å²) in [7, 11) is -1.19. The summed E-state index contributed by atoms with van der Waals surface area (Å²) in [6.45, 7) is 8.92. The smallest absolute Gasteiger partial charge is 0.407 e. The van der Waals surface area contributed by atoms with Gasteiger partial charge in [0.25, 0.3) is 0 Å². The number of aromatic nitrogens is 2. The van der Waals surface area contributed by atoms with Crippen LogP contribution in [0.25, 0.3) is 11.0 Å². The van der Waals surface area contributed by atoms with Crippen molar-refractivity contribution in [2.24, 2.45) is 5.92 Å². The van der Waals surface area contributed by atoms with E-state index in [1.807, 2.05) is 16.7 Å². The van der Waals surface area contributed by atoms with Crippen molar-refractivity contribution in [2.45, 2.75) is 57.7 Å². The fourth-order valence-corrected chi connectivity index (χ4v) is 4.73. The van der Waals surface area contributed by atoms with Gasteiger partial charge < -0.3 is 20.1 Å². The number of Topliss-reactive ketones (excluding diaryl/α,β-unsaturated/α-hetero) is 1. The van der Waals surface area contributed by atoms with Gasteiger partial charge in [-0.05, 0) is 37.4 Å². The second kappa shape index (κ2) is 8.62. The first-order chi connectivity index (χ1) is 14.7. The van der Waals surface area contributed by atoms with Gasteiger partial charge in [0.15, 0.2) is 5.78 Å². The lowest BCUT2D eigenvalue weighted by atomic mass is 10.1. The molecule has 0 spiro atoms. The van der Waals surface area contributed by atoms with Crippen LogP contribution in [0.5, 0.6) is 0 Å². The summed E-state index contributed by atoms with van der Waals surface area (Å²) in [6.07, 6.45) is 3.50. The van der Waals surface area contributed by atoms with Crippen molar-refractivity contribution in [3.8, 4) is 0 Å².